The monoisotopic (exact) mass is 399 g/mol. The first-order chi connectivity index (χ1) is 13.4. The van der Waals surface area contributed by atoms with Gasteiger partial charge in [0.25, 0.3) is 0 Å². The molecule has 28 heavy (non-hydrogen) atoms. The molecule has 1 amide bonds. The molecule has 0 aromatic carbocycles. The number of unbranched alkanes of at least 4 members (excludes halogenated alkanes) is 11. The third-order valence-corrected chi connectivity index (χ3v) is 4.80. The molecule has 1 unspecified atom stereocenters. The number of rotatable bonds is 18. The minimum Gasteiger partial charge on any atom is -0.479 e. The van der Waals surface area contributed by atoms with Crippen LogP contribution in [0.5, 0.6) is 0 Å². The summed E-state index contributed by atoms with van der Waals surface area (Å²) in [7, 11) is 0. The number of carbonyl (C=O) groups excluding carboxylic acids is 2. The van der Waals surface area contributed by atoms with E-state index in [2.05, 4.69) is 12.2 Å². The highest BCUT2D eigenvalue weighted by Gasteiger charge is 2.22. The van der Waals surface area contributed by atoms with E-state index in [1.165, 1.54) is 57.8 Å². The highest BCUT2D eigenvalue weighted by molar-refractivity contribution is 5.84. The molecule has 0 aliphatic heterocycles. The summed E-state index contributed by atoms with van der Waals surface area (Å²) >= 11 is 0. The van der Waals surface area contributed by atoms with Crippen molar-refractivity contribution >= 4 is 17.8 Å². The predicted octanol–water partition coefficient (Wildman–Crippen LogP) is 4.85. The molecule has 0 heterocycles. The van der Waals surface area contributed by atoms with Crippen LogP contribution in [0.3, 0.4) is 0 Å². The van der Waals surface area contributed by atoms with E-state index in [1.54, 1.807) is 13.8 Å². The Balaban J connectivity index is 3.72. The molecule has 0 aliphatic carbocycles. The van der Waals surface area contributed by atoms with E-state index < -0.39 is 18.0 Å². The van der Waals surface area contributed by atoms with E-state index in [0.717, 1.165) is 19.3 Å². The summed E-state index contributed by atoms with van der Waals surface area (Å²) in [5.74, 6) is -2.33. The maximum atomic E-state index is 11.7. The zero-order valence-corrected chi connectivity index (χ0v) is 18.1. The van der Waals surface area contributed by atoms with Crippen molar-refractivity contribution in [3.8, 4) is 0 Å². The third-order valence-electron chi connectivity index (χ3n) is 4.80. The van der Waals surface area contributed by atoms with Crippen LogP contribution in [0.2, 0.25) is 0 Å². The van der Waals surface area contributed by atoms with E-state index in [-0.39, 0.29) is 18.4 Å². The van der Waals surface area contributed by atoms with Crippen LogP contribution in [0.1, 0.15) is 104 Å². The summed E-state index contributed by atoms with van der Waals surface area (Å²) in [5, 5.41) is 11.6. The normalized spacial score (nSPS) is 12.0. The van der Waals surface area contributed by atoms with Gasteiger partial charge in [0.15, 0.2) is 6.10 Å². The number of amides is 1. The van der Waals surface area contributed by atoms with Crippen LogP contribution in [-0.4, -0.2) is 35.6 Å². The van der Waals surface area contributed by atoms with Gasteiger partial charge in [0.2, 0.25) is 5.91 Å². The Morgan fingerprint density at radius 2 is 1.29 bits per heavy atom. The number of hydrogen-bond donors (Lipinski definition) is 2. The van der Waals surface area contributed by atoms with Crippen molar-refractivity contribution in [1.29, 1.82) is 0 Å². The molecule has 0 saturated heterocycles. The van der Waals surface area contributed by atoms with E-state index in [1.807, 2.05) is 0 Å². The molecule has 0 saturated carbocycles. The number of esters is 1. The van der Waals surface area contributed by atoms with Crippen molar-refractivity contribution < 1.29 is 24.2 Å². The molecule has 0 radical (unpaired) electrons. The summed E-state index contributed by atoms with van der Waals surface area (Å²) < 4.78 is 4.99. The van der Waals surface area contributed by atoms with Gasteiger partial charge >= 0.3 is 11.9 Å². The lowest BCUT2D eigenvalue weighted by Gasteiger charge is -2.14. The maximum absolute atomic E-state index is 11.7. The maximum Gasteiger partial charge on any atom is 0.345 e. The molecule has 2 N–H and O–H groups in total. The van der Waals surface area contributed by atoms with Gasteiger partial charge in [0.1, 0.15) is 6.54 Å². The quantitative estimate of drug-likeness (QED) is 0.254. The van der Waals surface area contributed by atoms with Crippen molar-refractivity contribution in [3.63, 3.8) is 0 Å². The van der Waals surface area contributed by atoms with Crippen molar-refractivity contribution in [1.82, 2.24) is 5.32 Å². The number of hydrogen-bond acceptors (Lipinski definition) is 4. The van der Waals surface area contributed by atoms with Gasteiger partial charge in [-0.1, -0.05) is 91.4 Å². The lowest BCUT2D eigenvalue weighted by atomic mass is 10.0. The number of aliphatic carboxylic acids is 1. The highest BCUT2D eigenvalue weighted by atomic mass is 16.6. The Labute approximate surface area is 170 Å². The summed E-state index contributed by atoms with van der Waals surface area (Å²) in [6, 6.07) is 0. The summed E-state index contributed by atoms with van der Waals surface area (Å²) in [5.41, 5.74) is 0. The smallest absolute Gasteiger partial charge is 0.345 e. The van der Waals surface area contributed by atoms with Gasteiger partial charge in [-0.2, -0.15) is 0 Å². The van der Waals surface area contributed by atoms with Crippen LogP contribution < -0.4 is 5.32 Å². The lowest BCUT2D eigenvalue weighted by molar-refractivity contribution is -0.164. The second-order valence-electron chi connectivity index (χ2n) is 7.87. The van der Waals surface area contributed by atoms with Crippen molar-refractivity contribution in [2.75, 3.05) is 6.54 Å². The molecular formula is C22H41NO5. The topological polar surface area (TPSA) is 92.7 Å². The fourth-order valence-corrected chi connectivity index (χ4v) is 2.97. The molecule has 0 fully saturated rings. The zero-order chi connectivity index (χ0) is 21.2. The number of nitrogens with one attached hydrogen (secondary N) is 1. The van der Waals surface area contributed by atoms with E-state index >= 15 is 0 Å². The Morgan fingerprint density at radius 3 is 1.71 bits per heavy atom. The molecule has 0 aromatic rings. The number of carboxylic acid groups (broad SMARTS) is 1. The van der Waals surface area contributed by atoms with E-state index in [4.69, 9.17) is 4.74 Å². The molecule has 0 spiro atoms. The summed E-state index contributed by atoms with van der Waals surface area (Å²) in [4.78, 5) is 34.4. The average Bonchev–Trinajstić information content (AvgIpc) is 2.65. The highest BCUT2D eigenvalue weighted by Crippen LogP contribution is 2.14. The first-order valence-corrected chi connectivity index (χ1v) is 11.1. The minimum absolute atomic E-state index is 0.232. The summed E-state index contributed by atoms with van der Waals surface area (Å²) in [6.07, 6.45) is 13.6. The molecule has 0 rings (SSSR count). The van der Waals surface area contributed by atoms with Gasteiger partial charge in [-0.15, -0.1) is 0 Å². The van der Waals surface area contributed by atoms with Crippen LogP contribution in [0.25, 0.3) is 0 Å². The van der Waals surface area contributed by atoms with E-state index in [9.17, 15) is 19.5 Å². The predicted molar refractivity (Wildman–Crippen MR) is 111 cm³/mol. The van der Waals surface area contributed by atoms with Gasteiger partial charge in [-0.05, 0) is 12.8 Å². The number of ether oxygens (including phenoxy) is 1. The van der Waals surface area contributed by atoms with Gasteiger partial charge < -0.3 is 15.2 Å². The third kappa shape index (κ3) is 15.5. The molecule has 0 aliphatic rings. The van der Waals surface area contributed by atoms with Crippen molar-refractivity contribution in [2.24, 2.45) is 5.92 Å². The molecule has 164 valence electrons. The molecule has 0 bridgehead atoms. The number of carboxylic acids is 1. The molecule has 6 nitrogen and oxygen atoms in total. The van der Waals surface area contributed by atoms with Crippen LogP contribution in [0, 0.1) is 5.92 Å². The first-order valence-electron chi connectivity index (χ1n) is 11.1. The standard InChI is InChI=1S/C22H41NO5/c1-4-5-6-7-8-9-10-11-12-13-14-15-16-19(22(26)27)28-20(24)17-23-21(25)18(2)3/h18-19H,4-17H2,1-3H3,(H,23,25)(H,26,27). The van der Waals surface area contributed by atoms with Crippen LogP contribution in [-0.2, 0) is 19.1 Å². The Bertz CT molecular complexity index is 437. The van der Waals surface area contributed by atoms with Gasteiger partial charge in [-0.3, -0.25) is 9.59 Å². The van der Waals surface area contributed by atoms with Gasteiger partial charge in [-0.25, -0.2) is 4.79 Å². The largest absolute Gasteiger partial charge is 0.479 e. The van der Waals surface area contributed by atoms with Crippen molar-refractivity contribution in [3.05, 3.63) is 0 Å². The molecule has 6 heteroatoms. The van der Waals surface area contributed by atoms with Crippen LogP contribution in [0.4, 0.5) is 0 Å². The Kier molecular flexibility index (Phi) is 16.5. The van der Waals surface area contributed by atoms with Crippen LogP contribution in [0.15, 0.2) is 0 Å². The van der Waals surface area contributed by atoms with Gasteiger partial charge in [0, 0.05) is 5.92 Å². The fraction of sp³-hybridized carbons (Fsp3) is 0.864. The van der Waals surface area contributed by atoms with Crippen molar-refractivity contribution in [2.45, 2.75) is 110 Å². The zero-order valence-electron chi connectivity index (χ0n) is 18.1. The fourth-order valence-electron chi connectivity index (χ4n) is 2.97. The second kappa shape index (κ2) is 17.5. The first kappa shape index (κ1) is 26.4. The van der Waals surface area contributed by atoms with Gasteiger partial charge in [0.05, 0.1) is 0 Å². The van der Waals surface area contributed by atoms with E-state index in [0.29, 0.717) is 6.42 Å². The number of carbonyl (C=O) groups is 3. The summed E-state index contributed by atoms with van der Waals surface area (Å²) in [6.45, 7) is 5.37. The SMILES string of the molecule is CCCCCCCCCCCCCCC(OC(=O)CNC(=O)C(C)C)C(=O)O. The Hall–Kier alpha value is -1.59. The molecular weight excluding hydrogens is 358 g/mol. The lowest BCUT2D eigenvalue weighted by Crippen LogP contribution is -2.36. The second-order valence-corrected chi connectivity index (χ2v) is 7.87. The molecule has 0 aromatic heterocycles. The average molecular weight is 400 g/mol. The minimum atomic E-state index is -1.13. The molecule has 1 atom stereocenters. The Morgan fingerprint density at radius 1 is 0.821 bits per heavy atom. The van der Waals surface area contributed by atoms with Crippen LogP contribution >= 0.6 is 0 Å².